The van der Waals surface area contributed by atoms with Crippen molar-refractivity contribution in [1.29, 1.82) is 0 Å². The number of hydrogen-bond acceptors (Lipinski definition) is 16. The zero-order valence-corrected chi connectivity index (χ0v) is 31.4. The number of ether oxygens (including phenoxy) is 3. The van der Waals surface area contributed by atoms with Crippen LogP contribution in [0.15, 0.2) is 92.8 Å². The van der Waals surface area contributed by atoms with Crippen LogP contribution in [0.1, 0.15) is 6.92 Å². The van der Waals surface area contributed by atoms with Crippen molar-refractivity contribution in [3.8, 4) is 17.6 Å². The van der Waals surface area contributed by atoms with Gasteiger partial charge in [0, 0.05) is 47.8 Å². The molecule has 24 heteroatoms. The number of aromatic nitrogens is 4. The van der Waals surface area contributed by atoms with Gasteiger partial charge in [0.25, 0.3) is 9.05 Å². The second-order valence-electron chi connectivity index (χ2n) is 7.94. The highest BCUT2D eigenvalue weighted by molar-refractivity contribution is 8.93. The van der Waals surface area contributed by atoms with Crippen molar-refractivity contribution < 1.29 is 44.6 Å². The SMILES string of the molecule is Br.CCO.COc1ccc(N)cn1.COc1ccc(S(=O)(=O)Cl)cn1.COc1ccc(S(N)(=O)=O)cn1.N.NS(=O)(=O)c1ccc(=O)[nH]c1. The number of hydrogen-bond donors (Lipinski definition) is 6. The van der Waals surface area contributed by atoms with Crippen LogP contribution >= 0.6 is 27.7 Å². The second kappa shape index (κ2) is 24.2. The molecule has 0 radical (unpaired) electrons. The standard InChI is InChI=1S/C6H6ClNO3S.C6H8N2O3S.C6H8N2O.C5H6N2O3S.C2H6O.BrH.H3N/c2*1-11-6-3-2-5(4-8-6)12(7,9)10;1-9-6-3-2-5(7)4-8-6;6-11(9,10)4-1-2-5(8)7-3-4;1-2-3;;/h2-4H,1H3;2-4H,1H3,(H2,7,9,10);2-4H,7H2,1H3;1-3H,(H,7,8)(H2,6,9,10);3H,2H2,1H3;1H;1H3. The largest absolute Gasteiger partial charge is 0.481 e. The van der Waals surface area contributed by atoms with E-state index < -0.39 is 29.1 Å². The lowest BCUT2D eigenvalue weighted by Gasteiger charge is -1.98. The fourth-order valence-electron chi connectivity index (χ4n) is 2.37. The Morgan fingerprint density at radius 2 is 1.08 bits per heavy atom. The van der Waals surface area contributed by atoms with Crippen LogP contribution < -0.4 is 41.9 Å². The quantitative estimate of drug-likeness (QED) is 0.149. The molecule has 4 heterocycles. The van der Waals surface area contributed by atoms with Gasteiger partial charge >= 0.3 is 0 Å². The summed E-state index contributed by atoms with van der Waals surface area (Å²) in [5.74, 6) is 1.28. The predicted octanol–water partition coefficient (Wildman–Crippen LogP) is 1.19. The molecule has 0 bridgehead atoms. The van der Waals surface area contributed by atoms with Crippen LogP contribution in [0.5, 0.6) is 17.6 Å². The lowest BCUT2D eigenvalue weighted by atomic mass is 10.4. The lowest BCUT2D eigenvalue weighted by molar-refractivity contribution is 0.318. The number of primary sulfonamides is 2. The van der Waals surface area contributed by atoms with E-state index in [1.165, 1.54) is 38.5 Å². The summed E-state index contributed by atoms with van der Waals surface area (Å²) in [7, 11) is -1.51. The number of aliphatic hydroxyl groups is 1. The first kappa shape index (κ1) is 49.4. The van der Waals surface area contributed by atoms with E-state index in [4.69, 9.17) is 46.0 Å². The van der Waals surface area contributed by atoms with Gasteiger partial charge in [0.05, 0.1) is 50.5 Å². The molecule has 0 spiro atoms. The van der Waals surface area contributed by atoms with Crippen LogP contribution in [0.2, 0.25) is 0 Å². The second-order valence-corrected chi connectivity index (χ2v) is 13.6. The number of pyridine rings is 4. The Hall–Kier alpha value is -3.94. The molecule has 4 rings (SSSR count). The highest BCUT2D eigenvalue weighted by Crippen LogP contribution is 2.15. The average Bonchev–Trinajstić information content (AvgIpc) is 3.02. The van der Waals surface area contributed by atoms with Gasteiger partial charge in [-0.05, 0) is 31.2 Å². The van der Waals surface area contributed by atoms with Gasteiger partial charge in [0.1, 0.15) is 9.79 Å². The number of anilines is 1. The first-order chi connectivity index (χ1) is 21.8. The number of nitrogens with zero attached hydrogens (tertiary/aromatic N) is 3. The van der Waals surface area contributed by atoms with E-state index in [0.717, 1.165) is 30.7 Å². The summed E-state index contributed by atoms with van der Waals surface area (Å²) in [4.78, 5) is 23.7. The van der Waals surface area contributed by atoms with Crippen molar-refractivity contribution in [3.63, 3.8) is 0 Å². The van der Waals surface area contributed by atoms with Crippen molar-refractivity contribution in [1.82, 2.24) is 26.1 Å². The van der Waals surface area contributed by atoms with E-state index in [1.54, 1.807) is 32.4 Å². The van der Waals surface area contributed by atoms with E-state index in [1.807, 2.05) is 0 Å². The Morgan fingerprint density at radius 1 is 0.714 bits per heavy atom. The molecule has 276 valence electrons. The third-order valence-corrected chi connectivity index (χ3v) is 7.65. The molecule has 0 aliphatic rings. The minimum Gasteiger partial charge on any atom is -0.481 e. The summed E-state index contributed by atoms with van der Waals surface area (Å²) in [5, 5.41) is 17.2. The Morgan fingerprint density at radius 3 is 1.35 bits per heavy atom. The van der Waals surface area contributed by atoms with Crippen molar-refractivity contribution in [2.75, 3.05) is 33.7 Å². The first-order valence-electron chi connectivity index (χ1n) is 12.4. The molecular weight excluding hydrogens is 800 g/mol. The van der Waals surface area contributed by atoms with Gasteiger partial charge in [-0.25, -0.2) is 50.5 Å². The van der Waals surface area contributed by atoms with Crippen molar-refractivity contribution in [2.45, 2.75) is 21.6 Å². The summed E-state index contributed by atoms with van der Waals surface area (Å²) >= 11 is 0. The fourth-order valence-corrected chi connectivity index (χ4v) is 3.99. The van der Waals surface area contributed by atoms with Gasteiger partial charge in [-0.15, -0.1) is 17.0 Å². The third-order valence-electron chi connectivity index (χ3n) is 4.50. The number of halogens is 2. The van der Waals surface area contributed by atoms with Gasteiger partial charge in [-0.2, -0.15) is 0 Å². The average molecular weight is 838 g/mol. The molecule has 49 heavy (non-hydrogen) atoms. The highest BCUT2D eigenvalue weighted by Gasteiger charge is 2.10. The van der Waals surface area contributed by atoms with Crippen LogP contribution in [0.3, 0.4) is 0 Å². The Balaban J connectivity index is -0.000000555. The maximum absolute atomic E-state index is 10.7. The molecule has 0 unspecified atom stereocenters. The molecule has 0 aliphatic carbocycles. The van der Waals surface area contributed by atoms with Crippen molar-refractivity contribution in [2.24, 2.45) is 10.3 Å². The Kier molecular flexibility index (Phi) is 24.5. The third kappa shape index (κ3) is 21.6. The highest BCUT2D eigenvalue weighted by atomic mass is 79.9. The van der Waals surface area contributed by atoms with Gasteiger partial charge in [0.2, 0.25) is 43.2 Å². The summed E-state index contributed by atoms with van der Waals surface area (Å²) in [6.07, 6.45) is 4.89. The minimum atomic E-state index is -3.69. The first-order valence-corrected chi connectivity index (χ1v) is 17.8. The monoisotopic (exact) mass is 836 g/mol. The molecule has 0 atom stereocenters. The molecule has 0 saturated heterocycles. The summed E-state index contributed by atoms with van der Waals surface area (Å²) in [6.45, 7) is 1.93. The number of methoxy groups -OCH3 is 3. The number of aromatic amines is 1. The topological polar surface area (TPSA) is 335 Å². The molecular formula is C25H38BrClN8O11S3. The molecule has 0 fully saturated rings. The zero-order chi connectivity index (χ0) is 36.3. The number of H-pyrrole nitrogens is 1. The smallest absolute Gasteiger partial charge is 0.262 e. The van der Waals surface area contributed by atoms with Gasteiger partial charge < -0.3 is 36.2 Å². The van der Waals surface area contributed by atoms with E-state index >= 15 is 0 Å². The number of nitrogens with one attached hydrogen (secondary N) is 1. The van der Waals surface area contributed by atoms with Crippen LogP contribution in [0.4, 0.5) is 5.69 Å². The summed E-state index contributed by atoms with van der Waals surface area (Å²) in [5.41, 5.74) is 5.65. The molecule has 0 saturated carbocycles. The maximum atomic E-state index is 10.7. The van der Waals surface area contributed by atoms with Crippen LogP contribution in [-0.2, 0) is 29.1 Å². The van der Waals surface area contributed by atoms with Gasteiger partial charge in [0.15, 0.2) is 0 Å². The summed E-state index contributed by atoms with van der Waals surface area (Å²) in [6, 6.07) is 11.2. The number of aliphatic hydroxyl groups excluding tert-OH is 1. The number of rotatable bonds is 6. The minimum absolute atomic E-state index is 0. The fraction of sp³-hybridized carbons (Fsp3) is 0.200. The Bertz CT molecular complexity index is 1790. The molecule has 4 aromatic heterocycles. The van der Waals surface area contributed by atoms with E-state index in [9.17, 15) is 30.0 Å². The molecule has 0 amide bonds. The maximum Gasteiger partial charge on any atom is 0.262 e. The van der Waals surface area contributed by atoms with Crippen LogP contribution in [0.25, 0.3) is 0 Å². The van der Waals surface area contributed by atoms with E-state index in [-0.39, 0.29) is 50.0 Å². The number of nitrogens with two attached hydrogens (primary N) is 3. The Labute approximate surface area is 298 Å². The lowest BCUT2D eigenvalue weighted by Crippen LogP contribution is -2.14. The van der Waals surface area contributed by atoms with Crippen molar-refractivity contribution in [3.05, 3.63) is 83.7 Å². The van der Waals surface area contributed by atoms with Crippen LogP contribution in [-0.4, -0.2) is 78.2 Å². The molecule has 11 N–H and O–H groups in total. The summed E-state index contributed by atoms with van der Waals surface area (Å²) < 4.78 is 78.4. The van der Waals surface area contributed by atoms with Gasteiger partial charge in [-0.1, -0.05) is 0 Å². The number of sulfonamides is 2. The van der Waals surface area contributed by atoms with Crippen LogP contribution in [0, 0.1) is 0 Å². The van der Waals surface area contributed by atoms with E-state index in [0.29, 0.717) is 23.3 Å². The number of nitrogen functional groups attached to an aromatic ring is 1. The normalized spacial score (nSPS) is 10.0. The molecule has 0 aromatic carbocycles. The zero-order valence-electron chi connectivity index (χ0n) is 26.5. The molecule has 19 nitrogen and oxygen atoms in total. The predicted molar refractivity (Wildman–Crippen MR) is 188 cm³/mol. The molecule has 0 aliphatic heterocycles. The van der Waals surface area contributed by atoms with Crippen molar-refractivity contribution >= 4 is 62.4 Å². The van der Waals surface area contributed by atoms with Gasteiger partial charge in [-0.3, -0.25) is 4.79 Å². The van der Waals surface area contributed by atoms with E-state index in [2.05, 4.69) is 19.9 Å². The molecule has 4 aromatic rings.